The maximum absolute atomic E-state index is 12.2. The highest BCUT2D eigenvalue weighted by molar-refractivity contribution is 5.97. The lowest BCUT2D eigenvalue weighted by molar-refractivity contribution is 0.0764. The van der Waals surface area contributed by atoms with Gasteiger partial charge in [0.1, 0.15) is 0 Å². The molecule has 1 heterocycles. The number of hydrogen-bond acceptors (Lipinski definition) is 3. The van der Waals surface area contributed by atoms with Crippen molar-refractivity contribution in [3.05, 3.63) is 28.8 Å². The van der Waals surface area contributed by atoms with E-state index in [9.17, 15) is 9.90 Å². The number of nitrogen functional groups attached to an aromatic ring is 1. The van der Waals surface area contributed by atoms with Crippen LogP contribution in [0.4, 0.5) is 5.69 Å². The van der Waals surface area contributed by atoms with Crippen molar-refractivity contribution in [2.45, 2.75) is 26.4 Å². The molecule has 92 valence electrons. The van der Waals surface area contributed by atoms with Gasteiger partial charge in [-0.3, -0.25) is 4.79 Å². The lowest BCUT2D eigenvalue weighted by Gasteiger charge is -2.17. The lowest BCUT2D eigenvalue weighted by Crippen LogP contribution is -2.30. The van der Waals surface area contributed by atoms with Gasteiger partial charge in [-0.2, -0.15) is 0 Å². The number of hydrogen-bond donors (Lipinski definition) is 2. The number of nitrogens with two attached hydrogens (primary N) is 1. The quantitative estimate of drug-likeness (QED) is 0.715. The van der Waals surface area contributed by atoms with Crippen LogP contribution in [-0.4, -0.2) is 35.1 Å². The van der Waals surface area contributed by atoms with E-state index in [0.29, 0.717) is 30.8 Å². The van der Waals surface area contributed by atoms with Gasteiger partial charge in [-0.1, -0.05) is 6.07 Å². The second kappa shape index (κ2) is 4.37. The Bertz CT molecular complexity index is 457. The number of carbonyl (C=O) groups excluding carboxylic acids is 1. The van der Waals surface area contributed by atoms with E-state index in [2.05, 4.69) is 0 Å². The molecule has 17 heavy (non-hydrogen) atoms. The van der Waals surface area contributed by atoms with Crippen LogP contribution in [0.3, 0.4) is 0 Å². The molecule has 0 aromatic heterocycles. The third-order valence-electron chi connectivity index (χ3n) is 3.29. The van der Waals surface area contributed by atoms with Crippen LogP contribution in [0.1, 0.15) is 27.9 Å². The summed E-state index contributed by atoms with van der Waals surface area (Å²) in [7, 11) is 0. The summed E-state index contributed by atoms with van der Waals surface area (Å²) in [5.74, 6) is -0.0363. The third-order valence-corrected chi connectivity index (χ3v) is 3.29. The predicted octanol–water partition coefficient (Wildman–Crippen LogP) is 1.09. The number of carbonyl (C=O) groups is 1. The van der Waals surface area contributed by atoms with Crippen molar-refractivity contribution < 1.29 is 9.90 Å². The topological polar surface area (TPSA) is 66.6 Å². The summed E-state index contributed by atoms with van der Waals surface area (Å²) >= 11 is 0. The maximum Gasteiger partial charge on any atom is 0.254 e. The van der Waals surface area contributed by atoms with Crippen molar-refractivity contribution in [2.75, 3.05) is 18.8 Å². The Morgan fingerprint density at radius 1 is 1.41 bits per heavy atom. The summed E-state index contributed by atoms with van der Waals surface area (Å²) in [4.78, 5) is 13.9. The van der Waals surface area contributed by atoms with Gasteiger partial charge in [0.05, 0.1) is 6.10 Å². The molecule has 1 saturated heterocycles. The summed E-state index contributed by atoms with van der Waals surface area (Å²) in [5, 5.41) is 9.44. The van der Waals surface area contributed by atoms with Gasteiger partial charge in [-0.25, -0.2) is 0 Å². The van der Waals surface area contributed by atoms with Crippen LogP contribution in [-0.2, 0) is 0 Å². The second-order valence-corrected chi connectivity index (χ2v) is 4.72. The molecule has 0 unspecified atom stereocenters. The maximum atomic E-state index is 12.2. The first-order valence-corrected chi connectivity index (χ1v) is 5.83. The third kappa shape index (κ3) is 2.26. The summed E-state index contributed by atoms with van der Waals surface area (Å²) in [6.45, 7) is 4.88. The minimum absolute atomic E-state index is 0.0363. The molecule has 4 nitrogen and oxygen atoms in total. The number of anilines is 1. The summed E-state index contributed by atoms with van der Waals surface area (Å²) < 4.78 is 0. The zero-order valence-electron chi connectivity index (χ0n) is 10.2. The molecule has 2 rings (SSSR count). The monoisotopic (exact) mass is 234 g/mol. The highest BCUT2D eigenvalue weighted by Crippen LogP contribution is 2.21. The zero-order chi connectivity index (χ0) is 12.6. The zero-order valence-corrected chi connectivity index (χ0v) is 10.2. The number of benzene rings is 1. The number of aliphatic hydroxyl groups excluding tert-OH is 1. The number of aliphatic hydroxyl groups is 1. The first-order valence-electron chi connectivity index (χ1n) is 5.83. The Morgan fingerprint density at radius 2 is 2.12 bits per heavy atom. The molecule has 1 aromatic carbocycles. The van der Waals surface area contributed by atoms with Gasteiger partial charge >= 0.3 is 0 Å². The van der Waals surface area contributed by atoms with Crippen molar-refractivity contribution in [2.24, 2.45) is 0 Å². The molecular weight excluding hydrogens is 216 g/mol. The molecule has 0 aliphatic carbocycles. The normalized spacial score (nSPS) is 19.7. The van der Waals surface area contributed by atoms with Crippen molar-refractivity contribution in [3.8, 4) is 0 Å². The largest absolute Gasteiger partial charge is 0.398 e. The molecule has 3 N–H and O–H groups in total. The minimum atomic E-state index is -0.387. The van der Waals surface area contributed by atoms with Crippen LogP contribution in [0.5, 0.6) is 0 Å². The standard InChI is InChI=1S/C13H18N2O2/c1-8-5-9(2)12(14)6-11(8)13(17)15-4-3-10(16)7-15/h5-6,10,16H,3-4,7,14H2,1-2H3/t10-/m0/s1. The van der Waals surface area contributed by atoms with E-state index < -0.39 is 0 Å². The average Bonchev–Trinajstić information content (AvgIpc) is 2.69. The fourth-order valence-electron chi connectivity index (χ4n) is 2.20. The van der Waals surface area contributed by atoms with E-state index in [1.807, 2.05) is 19.9 Å². The molecule has 1 amide bonds. The molecule has 1 aromatic rings. The minimum Gasteiger partial charge on any atom is -0.398 e. The van der Waals surface area contributed by atoms with Crippen LogP contribution in [0.15, 0.2) is 12.1 Å². The lowest BCUT2D eigenvalue weighted by atomic mass is 10.0. The van der Waals surface area contributed by atoms with Gasteiger partial charge in [0.15, 0.2) is 0 Å². The smallest absolute Gasteiger partial charge is 0.254 e. The summed E-state index contributed by atoms with van der Waals surface area (Å²) in [6, 6.07) is 3.66. The average molecular weight is 234 g/mol. The van der Waals surface area contributed by atoms with Gasteiger partial charge in [-0.05, 0) is 37.5 Å². The summed E-state index contributed by atoms with van der Waals surface area (Å²) in [6.07, 6.45) is 0.272. The fourth-order valence-corrected chi connectivity index (χ4v) is 2.20. The number of rotatable bonds is 1. The van der Waals surface area contributed by atoms with Gasteiger partial charge in [0.25, 0.3) is 5.91 Å². The Kier molecular flexibility index (Phi) is 3.07. The number of nitrogens with zero attached hydrogens (tertiary/aromatic N) is 1. The molecule has 0 saturated carbocycles. The van der Waals surface area contributed by atoms with Crippen molar-refractivity contribution in [3.63, 3.8) is 0 Å². The van der Waals surface area contributed by atoms with Crippen molar-refractivity contribution >= 4 is 11.6 Å². The van der Waals surface area contributed by atoms with Crippen LogP contribution in [0, 0.1) is 13.8 Å². The Labute approximate surface area is 101 Å². The van der Waals surface area contributed by atoms with E-state index in [4.69, 9.17) is 5.73 Å². The van der Waals surface area contributed by atoms with E-state index in [0.717, 1.165) is 11.1 Å². The number of likely N-dealkylation sites (tertiary alicyclic amines) is 1. The Hall–Kier alpha value is -1.55. The summed E-state index contributed by atoms with van der Waals surface area (Å²) in [5.41, 5.74) is 9.03. The van der Waals surface area contributed by atoms with Gasteiger partial charge in [-0.15, -0.1) is 0 Å². The van der Waals surface area contributed by atoms with Crippen LogP contribution in [0.25, 0.3) is 0 Å². The fraction of sp³-hybridized carbons (Fsp3) is 0.462. The Balaban J connectivity index is 2.28. The van der Waals surface area contributed by atoms with Crippen LogP contribution in [0.2, 0.25) is 0 Å². The Morgan fingerprint density at radius 3 is 2.71 bits per heavy atom. The first-order chi connectivity index (χ1) is 7.99. The first kappa shape index (κ1) is 11.9. The van der Waals surface area contributed by atoms with Crippen molar-refractivity contribution in [1.29, 1.82) is 0 Å². The van der Waals surface area contributed by atoms with Gasteiger partial charge in [0.2, 0.25) is 0 Å². The predicted molar refractivity (Wildman–Crippen MR) is 66.9 cm³/mol. The number of amides is 1. The molecule has 1 fully saturated rings. The van der Waals surface area contributed by atoms with E-state index in [1.165, 1.54) is 0 Å². The molecule has 0 bridgehead atoms. The highest BCUT2D eigenvalue weighted by Gasteiger charge is 2.26. The van der Waals surface area contributed by atoms with Crippen LogP contribution >= 0.6 is 0 Å². The van der Waals surface area contributed by atoms with E-state index in [1.54, 1.807) is 11.0 Å². The number of aryl methyl sites for hydroxylation is 2. The SMILES string of the molecule is Cc1cc(C)c(C(=O)N2CC[C@H](O)C2)cc1N. The second-order valence-electron chi connectivity index (χ2n) is 4.72. The molecule has 1 aliphatic rings. The van der Waals surface area contributed by atoms with Gasteiger partial charge in [0, 0.05) is 24.3 Å². The molecule has 0 radical (unpaired) electrons. The van der Waals surface area contributed by atoms with E-state index in [-0.39, 0.29) is 12.0 Å². The van der Waals surface area contributed by atoms with Gasteiger partial charge < -0.3 is 15.7 Å². The molecule has 1 aliphatic heterocycles. The highest BCUT2D eigenvalue weighted by atomic mass is 16.3. The van der Waals surface area contributed by atoms with Crippen molar-refractivity contribution in [1.82, 2.24) is 4.90 Å². The number of β-amino-alcohol motifs (C(OH)–C–C–N with tert-alkyl or cyclic N) is 1. The molecule has 4 heteroatoms. The molecule has 1 atom stereocenters. The molecular formula is C13H18N2O2. The molecule has 0 spiro atoms. The van der Waals surface area contributed by atoms with Crippen LogP contribution < -0.4 is 5.73 Å². The van der Waals surface area contributed by atoms with E-state index >= 15 is 0 Å².